The average molecular weight is 2140 g/mol. The monoisotopic (exact) mass is 2140 g/mol. The summed E-state index contributed by atoms with van der Waals surface area (Å²) < 4.78 is 0. The first-order valence-corrected chi connectivity index (χ1v) is 69.6. The molecule has 0 spiro atoms. The van der Waals surface area contributed by atoms with Crippen molar-refractivity contribution in [3.05, 3.63) is 70.2 Å². The van der Waals surface area contributed by atoms with E-state index in [1.54, 1.807) is 0 Å². The number of allylic oxidation sites excluding steroid dienone is 6. The molecule has 16 heteroatoms. The Balaban J connectivity index is -0.000000136. The van der Waals surface area contributed by atoms with Gasteiger partial charge < -0.3 is 0 Å². The van der Waals surface area contributed by atoms with Crippen molar-refractivity contribution >= 4 is 188 Å². The van der Waals surface area contributed by atoms with E-state index in [-0.39, 0.29) is 0 Å². The van der Waals surface area contributed by atoms with Crippen LogP contribution in [0.15, 0.2) is 70.2 Å². The fourth-order valence-electron chi connectivity index (χ4n) is 8.34. The molecule has 132 heavy (non-hydrogen) atoms. The molecule has 0 aliphatic heterocycles. The third-order valence-corrected chi connectivity index (χ3v) is 34.1. The first-order valence-electron chi connectivity index (χ1n) is 52.4. The second-order valence-corrected chi connectivity index (χ2v) is 63.2. The lowest BCUT2D eigenvalue weighted by molar-refractivity contribution is 0.560. The van der Waals surface area contributed by atoms with Gasteiger partial charge in [-0.15, -0.1) is 76.6 Å². The van der Waals surface area contributed by atoms with Gasteiger partial charge in [0.15, 0.2) is 0 Å². The zero-order chi connectivity index (χ0) is 103. The molecule has 0 radical (unpaired) electrons. The van der Waals surface area contributed by atoms with Crippen molar-refractivity contribution < 1.29 is 0 Å². The van der Waals surface area contributed by atoms with E-state index in [0.717, 1.165) is 150 Å². The summed E-state index contributed by atoms with van der Waals surface area (Å²) in [5.41, 5.74) is 0. The van der Waals surface area contributed by atoms with Crippen LogP contribution in [0.4, 0.5) is 0 Å². The van der Waals surface area contributed by atoms with Gasteiger partial charge in [-0.25, -0.2) is 0 Å². The molecule has 0 bridgehead atoms. The molecule has 0 saturated carbocycles. The maximum absolute atomic E-state index is 3.20. The summed E-state index contributed by atoms with van der Waals surface area (Å²) >= 11 is 32.2. The third-order valence-electron chi connectivity index (χ3n) is 15.2. The van der Waals surface area contributed by atoms with E-state index in [2.05, 4.69) is 469 Å². The first-order chi connectivity index (χ1) is 61.9. The van der Waals surface area contributed by atoms with E-state index in [9.17, 15) is 0 Å². The predicted molar refractivity (Wildman–Crippen MR) is 683 cm³/mol. The SMILES string of the molecule is CC(C)C/C=C\CCSC(C)C.CC(C)C/C=C\CSCC(C)C.CC(C)C/C=C\SCCC(C)C.CC(C)CC#CCCSC(C)C.CC(C)CC#CCSCC(C)C.CC(C)CCC/C=C\SC(C)C.CC(C)CCSCCSC(C)C.CC(C)CSC/C=C\SC(C)C.CC(C)CSCCCSC(C)C.CC(C)CSCCSCC(C)C.CC(C)S/C=C\CCSC(C)C. The minimum atomic E-state index is 0.715. The largest absolute Gasteiger partial charge is 0.162 e. The Labute approximate surface area is 907 Å². The molecule has 0 aliphatic carbocycles. The lowest BCUT2D eigenvalue weighted by Gasteiger charge is -2.05. The molecular weight excluding hydrogens is 1910 g/mol. The van der Waals surface area contributed by atoms with Gasteiger partial charge in [-0.05, 0) is 264 Å². The highest BCUT2D eigenvalue weighted by atomic mass is 32.2. The van der Waals surface area contributed by atoms with E-state index < -0.39 is 0 Å². The predicted octanol–water partition coefficient (Wildman–Crippen LogP) is 43.7. The van der Waals surface area contributed by atoms with Crippen LogP contribution in [0.5, 0.6) is 0 Å². The van der Waals surface area contributed by atoms with Gasteiger partial charge in [0.25, 0.3) is 0 Å². The van der Waals surface area contributed by atoms with Gasteiger partial charge in [0.2, 0.25) is 0 Å². The minimum Gasteiger partial charge on any atom is -0.162 e. The molecule has 794 valence electrons. The highest BCUT2D eigenvalue weighted by molar-refractivity contribution is 8.05. The van der Waals surface area contributed by atoms with Crippen molar-refractivity contribution in [3.8, 4) is 23.7 Å². The average Bonchev–Trinajstić information content (AvgIpc) is 1.13. The maximum atomic E-state index is 3.20. The van der Waals surface area contributed by atoms with Crippen LogP contribution >= 0.6 is 188 Å². The van der Waals surface area contributed by atoms with Gasteiger partial charge >= 0.3 is 0 Å². The summed E-state index contributed by atoms with van der Waals surface area (Å²) in [6.07, 6.45) is 35.6. The standard InChI is InChI=1S/2C11H22S.C11H20S.2C11H22S.C11H20S.3C10H22S2.2C10H20S2/c1-10(2)6-5-8-12-9-7-11(3)4;2*1-10(2)7-5-6-8-12-9-11(3)4;3*1-10(2)8-6-5-7-9-12-11(3)4;1-9(2)7-11-5-6-12-8-10(3)4;1-9(2)5-6-11-7-8-12-10(3)4;2*1-9(2)8-11-6-5-7-12-10(3)4;1-9(2)11-7-5-6-8-12-10(3)4/h5,8,10-11H,6-7,9H2,1-4H3;5-6,10-11H,7-9H2,1-4H3;10-11H,7-9H2,1-4H3;7,9-11H,5-6,8H2,1-4H3;5-6,10-11H,7-9H2,1-4H3;10-11H,7-9H2,1-4H3;3*9-10H,5-8H2,1-4H3;2*5,7,9-10H,6,8H2,1-4H3/b8-5-;6-5-;;9-7-;6-5-;;;;;2*7-5-. The van der Waals surface area contributed by atoms with Crippen molar-refractivity contribution in [2.75, 3.05) is 115 Å². The van der Waals surface area contributed by atoms with Crippen LogP contribution < -0.4 is 0 Å². The smallest absolute Gasteiger partial charge is 0.0547 e. The van der Waals surface area contributed by atoms with Crippen molar-refractivity contribution in [2.45, 2.75) is 437 Å². The van der Waals surface area contributed by atoms with Crippen LogP contribution in [0.1, 0.15) is 395 Å². The highest BCUT2D eigenvalue weighted by Crippen LogP contribution is 2.22. The topological polar surface area (TPSA) is 0 Å². The fraction of sp³-hybridized carbons (Fsp3) is 0.862. The molecule has 0 N–H and O–H groups in total. The first kappa shape index (κ1) is 158. The number of unbranched alkanes of at least 4 members (excludes halogenated alkanes) is 1. The van der Waals surface area contributed by atoms with Gasteiger partial charge in [0, 0.05) is 75.3 Å². The van der Waals surface area contributed by atoms with Crippen molar-refractivity contribution in [1.29, 1.82) is 0 Å². The van der Waals surface area contributed by atoms with Crippen LogP contribution in [-0.2, 0) is 0 Å². The summed E-state index contributed by atoms with van der Waals surface area (Å²) in [5.74, 6) is 49.6. The molecule has 0 atom stereocenters. The number of rotatable bonds is 65. The van der Waals surface area contributed by atoms with E-state index in [0.29, 0.717) is 5.92 Å². The summed E-state index contributed by atoms with van der Waals surface area (Å²) in [7, 11) is 0. The van der Waals surface area contributed by atoms with Crippen LogP contribution in [0.2, 0.25) is 0 Å². The number of hydrogen-bond donors (Lipinski definition) is 0. The Kier molecular flexibility index (Phi) is 156. The quantitative estimate of drug-likeness (QED) is 0.0322. The molecule has 0 aliphatic rings. The zero-order valence-corrected chi connectivity index (χ0v) is 109. The van der Waals surface area contributed by atoms with Crippen molar-refractivity contribution in [1.82, 2.24) is 0 Å². The van der Waals surface area contributed by atoms with Crippen LogP contribution in [0.3, 0.4) is 0 Å². The summed E-state index contributed by atoms with van der Waals surface area (Å²) in [5, 5.41) is 15.0. The lowest BCUT2D eigenvalue weighted by atomic mass is 10.1. The molecule has 0 saturated heterocycles. The summed E-state index contributed by atoms with van der Waals surface area (Å²) in [6.45, 7) is 99.2. The van der Waals surface area contributed by atoms with E-state index in [1.165, 1.54) is 174 Å². The molecular formula is C116H234S16. The van der Waals surface area contributed by atoms with E-state index in [1.807, 2.05) is 118 Å². The number of hydrogen-bond acceptors (Lipinski definition) is 16. The van der Waals surface area contributed by atoms with Crippen molar-refractivity contribution in [2.24, 2.45) is 82.9 Å². The molecule has 0 unspecified atom stereocenters. The second-order valence-electron chi connectivity index (χ2n) is 41.4. The normalized spacial score (nSPS) is 11.6. The molecule has 0 aromatic rings. The van der Waals surface area contributed by atoms with E-state index >= 15 is 0 Å². The molecule has 0 aromatic heterocycles. The second kappa shape index (κ2) is 130. The van der Waals surface area contributed by atoms with Crippen LogP contribution in [0, 0.1) is 107 Å². The summed E-state index contributed by atoms with van der Waals surface area (Å²) in [6, 6.07) is 0. The minimum absolute atomic E-state index is 0.715. The fourth-order valence-corrected chi connectivity index (χ4v) is 22.1. The van der Waals surface area contributed by atoms with E-state index in [4.69, 9.17) is 0 Å². The van der Waals surface area contributed by atoms with Crippen LogP contribution in [0.25, 0.3) is 0 Å². The zero-order valence-electron chi connectivity index (χ0n) is 96.2. The van der Waals surface area contributed by atoms with Gasteiger partial charge in [-0.2, -0.15) is 129 Å². The molecule has 0 heterocycles. The Morgan fingerprint density at radius 3 is 0.932 bits per heavy atom. The third kappa shape index (κ3) is 223. The van der Waals surface area contributed by atoms with Gasteiger partial charge in [-0.3, -0.25) is 0 Å². The highest BCUT2D eigenvalue weighted by Gasteiger charge is 2.04. The Morgan fingerprint density at radius 1 is 0.197 bits per heavy atom. The summed E-state index contributed by atoms with van der Waals surface area (Å²) in [4.78, 5) is 0. The molecule has 0 rings (SSSR count). The van der Waals surface area contributed by atoms with Crippen molar-refractivity contribution in [3.63, 3.8) is 0 Å². The van der Waals surface area contributed by atoms with Crippen LogP contribution in [-0.4, -0.2) is 157 Å². The van der Waals surface area contributed by atoms with Gasteiger partial charge in [0.1, 0.15) is 0 Å². The van der Waals surface area contributed by atoms with Gasteiger partial charge in [-0.1, -0.05) is 366 Å². The molecule has 0 nitrogen and oxygen atoms in total. The number of thioether (sulfide) groups is 16. The Bertz CT molecular complexity index is 2020. The molecule has 0 aromatic carbocycles. The Hall–Kier alpha value is 3.16. The maximum Gasteiger partial charge on any atom is 0.0547 e. The van der Waals surface area contributed by atoms with Gasteiger partial charge in [0.05, 0.1) is 5.75 Å². The Morgan fingerprint density at radius 2 is 0.530 bits per heavy atom. The lowest BCUT2D eigenvalue weighted by Crippen LogP contribution is -1.96. The molecule has 0 fully saturated rings. The molecule has 0 amide bonds.